The normalized spacial score (nSPS) is 13.3. The lowest BCUT2D eigenvalue weighted by molar-refractivity contribution is -0.139. The second-order valence-electron chi connectivity index (χ2n) is 5.95. The Bertz CT molecular complexity index is 881. The number of aryl methyl sites for hydroxylation is 2. The van der Waals surface area contributed by atoms with Crippen LogP contribution >= 0.6 is 0 Å². The number of nitrogens with one attached hydrogen (secondary N) is 1. The van der Waals surface area contributed by atoms with E-state index in [2.05, 4.69) is 5.32 Å². The zero-order valence-corrected chi connectivity index (χ0v) is 16.0. The highest BCUT2D eigenvalue weighted by atomic mass is 16.5. The van der Waals surface area contributed by atoms with Crippen molar-refractivity contribution in [1.29, 1.82) is 0 Å². The van der Waals surface area contributed by atoms with Crippen LogP contribution in [0.15, 0.2) is 47.8 Å². The Hall–Kier alpha value is -3.35. The molecule has 1 aromatic rings. The van der Waals surface area contributed by atoms with Crippen molar-refractivity contribution < 1.29 is 23.9 Å². The predicted molar refractivity (Wildman–Crippen MR) is 102 cm³/mol. The Morgan fingerprint density at radius 2 is 1.59 bits per heavy atom. The maximum atomic E-state index is 12.5. The lowest BCUT2D eigenvalue weighted by atomic mass is 10.1. The van der Waals surface area contributed by atoms with Gasteiger partial charge in [-0.25, -0.2) is 9.59 Å². The van der Waals surface area contributed by atoms with Crippen molar-refractivity contribution in [2.45, 2.75) is 20.8 Å². The third-order valence-electron chi connectivity index (χ3n) is 4.07. The summed E-state index contributed by atoms with van der Waals surface area (Å²) >= 11 is 0. The smallest absolute Gasteiger partial charge is 0.355 e. The number of rotatable bonds is 4. The summed E-state index contributed by atoms with van der Waals surface area (Å²) < 4.78 is 9.71. The molecule has 1 aliphatic rings. The molecule has 1 aliphatic heterocycles. The number of allylic oxidation sites excluding steroid dienone is 2. The van der Waals surface area contributed by atoms with Crippen LogP contribution in [0.5, 0.6) is 0 Å². The molecule has 0 spiro atoms. The first kappa shape index (κ1) is 20.0. The summed E-state index contributed by atoms with van der Waals surface area (Å²) in [6, 6.07) is 3.64. The van der Waals surface area contributed by atoms with Gasteiger partial charge in [0.1, 0.15) is 5.70 Å². The van der Waals surface area contributed by atoms with E-state index in [0.717, 1.165) is 11.1 Å². The molecule has 27 heavy (non-hydrogen) atoms. The Morgan fingerprint density at radius 1 is 0.963 bits per heavy atom. The third kappa shape index (κ3) is 4.25. The molecule has 2 rings (SSSR count). The number of nitrogens with zero attached hydrogens (tertiary/aromatic N) is 1. The first-order chi connectivity index (χ1) is 12.8. The van der Waals surface area contributed by atoms with Crippen LogP contribution in [-0.4, -0.2) is 32.1 Å². The number of benzene rings is 1. The van der Waals surface area contributed by atoms with E-state index in [0.29, 0.717) is 11.4 Å². The van der Waals surface area contributed by atoms with Gasteiger partial charge < -0.3 is 19.7 Å². The topological polar surface area (TPSA) is 84.9 Å². The van der Waals surface area contributed by atoms with Gasteiger partial charge in [-0.05, 0) is 49.3 Å². The molecule has 1 amide bonds. The first-order valence-electron chi connectivity index (χ1n) is 8.24. The molecule has 0 radical (unpaired) electrons. The quantitative estimate of drug-likeness (QED) is 0.821. The molecular weight excluding hydrogens is 348 g/mol. The summed E-state index contributed by atoms with van der Waals surface area (Å²) in [7, 11) is 2.47. The number of anilines is 2. The molecular formula is C20H22N2O5. The van der Waals surface area contributed by atoms with Crippen LogP contribution in [0, 0.1) is 13.8 Å². The number of amides is 1. The van der Waals surface area contributed by atoms with Crippen LogP contribution in [0.25, 0.3) is 0 Å². The molecule has 0 unspecified atom stereocenters. The molecule has 1 aromatic carbocycles. The molecule has 7 nitrogen and oxygen atoms in total. The van der Waals surface area contributed by atoms with Crippen LogP contribution in [-0.2, 0) is 23.9 Å². The lowest BCUT2D eigenvalue weighted by Gasteiger charge is -2.26. The van der Waals surface area contributed by atoms with Crippen molar-refractivity contribution in [2.75, 3.05) is 24.4 Å². The predicted octanol–water partition coefficient (Wildman–Crippen LogP) is 2.75. The fourth-order valence-electron chi connectivity index (χ4n) is 2.64. The molecule has 0 aliphatic carbocycles. The van der Waals surface area contributed by atoms with Crippen LogP contribution in [0.2, 0.25) is 0 Å². The van der Waals surface area contributed by atoms with Crippen LogP contribution in [0.3, 0.4) is 0 Å². The number of carbonyl (C=O) groups excluding carboxylic acids is 3. The van der Waals surface area contributed by atoms with Gasteiger partial charge in [-0.1, -0.05) is 6.08 Å². The van der Waals surface area contributed by atoms with E-state index >= 15 is 0 Å². The number of esters is 2. The average Bonchev–Trinajstić information content (AvgIpc) is 2.85. The van der Waals surface area contributed by atoms with Crippen molar-refractivity contribution in [3.05, 3.63) is 59.0 Å². The highest BCUT2D eigenvalue weighted by Gasteiger charge is 2.29. The van der Waals surface area contributed by atoms with Gasteiger partial charge in [0.25, 0.3) is 0 Å². The summed E-state index contributed by atoms with van der Waals surface area (Å²) in [4.78, 5) is 38.0. The highest BCUT2D eigenvalue weighted by molar-refractivity contribution is 6.06. The summed E-state index contributed by atoms with van der Waals surface area (Å²) in [5.74, 6) is -1.64. The maximum Gasteiger partial charge on any atom is 0.355 e. The molecule has 0 bridgehead atoms. The van der Waals surface area contributed by atoms with Gasteiger partial charge in [-0.2, -0.15) is 0 Å². The molecule has 0 saturated heterocycles. The molecule has 0 fully saturated rings. The van der Waals surface area contributed by atoms with Crippen molar-refractivity contribution in [3.63, 3.8) is 0 Å². The highest BCUT2D eigenvalue weighted by Crippen LogP contribution is 2.34. The second kappa shape index (κ2) is 8.35. The van der Waals surface area contributed by atoms with E-state index in [9.17, 15) is 14.4 Å². The van der Waals surface area contributed by atoms with Crippen LogP contribution in [0.4, 0.5) is 11.4 Å². The molecule has 1 N–H and O–H groups in total. The van der Waals surface area contributed by atoms with Crippen LogP contribution < -0.4 is 10.2 Å². The molecule has 7 heteroatoms. The Balaban J connectivity index is 2.77. The van der Waals surface area contributed by atoms with Gasteiger partial charge in [0.05, 0.1) is 31.2 Å². The van der Waals surface area contributed by atoms with Crippen LogP contribution in [0.1, 0.15) is 18.1 Å². The average molecular weight is 370 g/mol. The van der Waals surface area contributed by atoms with E-state index in [1.165, 1.54) is 32.1 Å². The number of carbonyl (C=O) groups is 3. The minimum atomic E-state index is -0.710. The Morgan fingerprint density at radius 3 is 2.19 bits per heavy atom. The fraction of sp³-hybridized carbons (Fsp3) is 0.250. The Labute approximate surface area is 157 Å². The molecule has 0 saturated carbocycles. The monoisotopic (exact) mass is 370 g/mol. The van der Waals surface area contributed by atoms with Gasteiger partial charge in [0.15, 0.2) is 0 Å². The van der Waals surface area contributed by atoms with E-state index < -0.39 is 11.9 Å². The summed E-state index contributed by atoms with van der Waals surface area (Å²) in [5, 5.41) is 2.77. The van der Waals surface area contributed by atoms with Gasteiger partial charge in [0, 0.05) is 13.1 Å². The zero-order chi connectivity index (χ0) is 20.1. The van der Waals surface area contributed by atoms with Crippen molar-refractivity contribution in [2.24, 2.45) is 0 Å². The van der Waals surface area contributed by atoms with Gasteiger partial charge in [-0.3, -0.25) is 4.79 Å². The molecule has 0 atom stereocenters. The molecule has 0 aromatic heterocycles. The second-order valence-corrected chi connectivity index (χ2v) is 5.95. The van der Waals surface area contributed by atoms with Crippen molar-refractivity contribution in [1.82, 2.24) is 0 Å². The lowest BCUT2D eigenvalue weighted by Crippen LogP contribution is -2.28. The van der Waals surface area contributed by atoms with E-state index in [4.69, 9.17) is 9.47 Å². The number of hydrogen-bond acceptors (Lipinski definition) is 6. The minimum Gasteiger partial charge on any atom is -0.465 e. The largest absolute Gasteiger partial charge is 0.465 e. The molecule has 1 heterocycles. The van der Waals surface area contributed by atoms with Crippen molar-refractivity contribution >= 4 is 29.2 Å². The van der Waals surface area contributed by atoms with E-state index in [-0.39, 0.29) is 17.2 Å². The number of hydrogen-bond donors (Lipinski definition) is 1. The van der Waals surface area contributed by atoms with Gasteiger partial charge in [-0.15, -0.1) is 0 Å². The molecule has 142 valence electrons. The standard InChI is InChI=1S/C20H22N2O5/c1-12-10-16(21-14(3)23)17(11-13(12)2)22-9-7-6-8-15(19(24)26-4)18(22)20(25)27-5/h6-11H,1-5H3,(H,21,23). The number of ether oxygens (including phenoxy) is 2. The summed E-state index contributed by atoms with van der Waals surface area (Å²) in [6.45, 7) is 5.23. The van der Waals surface area contributed by atoms with Gasteiger partial charge >= 0.3 is 11.9 Å². The minimum absolute atomic E-state index is 0.01000. The summed E-state index contributed by atoms with van der Waals surface area (Å²) in [5.41, 5.74) is 2.98. The van der Waals surface area contributed by atoms with E-state index in [1.807, 2.05) is 26.0 Å². The number of methoxy groups -OCH3 is 2. The first-order valence-corrected chi connectivity index (χ1v) is 8.24. The third-order valence-corrected chi connectivity index (χ3v) is 4.07. The van der Waals surface area contributed by atoms with E-state index in [1.54, 1.807) is 18.4 Å². The zero-order valence-electron chi connectivity index (χ0n) is 16.0. The van der Waals surface area contributed by atoms with Gasteiger partial charge in [0.2, 0.25) is 5.91 Å². The van der Waals surface area contributed by atoms with Crippen molar-refractivity contribution in [3.8, 4) is 0 Å². The maximum absolute atomic E-state index is 12.5. The Kier molecular flexibility index (Phi) is 6.18. The SMILES string of the molecule is COC(=O)C1=C(C(=O)OC)N(c2cc(C)c(C)cc2NC(C)=O)C=CC=C1. The fourth-order valence-corrected chi connectivity index (χ4v) is 2.64. The summed E-state index contributed by atoms with van der Waals surface area (Å²) in [6.07, 6.45) is 6.39.